The Kier molecular flexibility index (Phi) is 5.94. The molecule has 7 nitrogen and oxygen atoms in total. The molecule has 0 radical (unpaired) electrons. The van der Waals surface area contributed by atoms with Gasteiger partial charge in [0, 0.05) is 24.8 Å². The van der Waals surface area contributed by atoms with Crippen LogP contribution in [0.25, 0.3) is 0 Å². The number of carbonyl (C=O) groups excluding carboxylic acids is 1. The summed E-state index contributed by atoms with van der Waals surface area (Å²) in [7, 11) is 0. The molecule has 0 saturated carbocycles. The average molecular weight is 362 g/mol. The molecule has 0 atom stereocenters. The number of anilines is 3. The average Bonchev–Trinajstić information content (AvgIpc) is 2.67. The zero-order valence-electron chi connectivity index (χ0n) is 15.4. The molecule has 138 valence electrons. The van der Waals surface area contributed by atoms with E-state index in [9.17, 15) is 4.79 Å². The third-order valence-corrected chi connectivity index (χ3v) is 3.87. The molecular formula is C20H22N6O. The summed E-state index contributed by atoms with van der Waals surface area (Å²) < 4.78 is 0. The third-order valence-electron chi connectivity index (χ3n) is 3.87. The molecule has 0 aliphatic carbocycles. The van der Waals surface area contributed by atoms with Gasteiger partial charge in [0.05, 0.1) is 0 Å². The summed E-state index contributed by atoms with van der Waals surface area (Å²) in [5, 5.41) is 17.3. The van der Waals surface area contributed by atoms with Crippen LogP contribution in [-0.4, -0.2) is 34.2 Å². The van der Waals surface area contributed by atoms with E-state index in [0.29, 0.717) is 30.3 Å². The number of nitrogens with zero attached hydrogens (tertiary/aromatic N) is 3. The Morgan fingerprint density at radius 2 is 1.59 bits per heavy atom. The van der Waals surface area contributed by atoms with E-state index in [1.54, 1.807) is 6.20 Å². The van der Waals surface area contributed by atoms with Crippen LogP contribution >= 0.6 is 0 Å². The Bertz CT molecular complexity index is 893. The maximum atomic E-state index is 12.0. The summed E-state index contributed by atoms with van der Waals surface area (Å²) in [4.78, 5) is 16.3. The fourth-order valence-electron chi connectivity index (χ4n) is 2.40. The van der Waals surface area contributed by atoms with Crippen molar-refractivity contribution in [3.8, 4) is 0 Å². The molecule has 2 heterocycles. The lowest BCUT2D eigenvalue weighted by Crippen LogP contribution is -2.28. The van der Waals surface area contributed by atoms with E-state index in [4.69, 9.17) is 0 Å². The fourth-order valence-corrected chi connectivity index (χ4v) is 2.40. The quantitative estimate of drug-likeness (QED) is 0.560. The molecular weight excluding hydrogens is 340 g/mol. The minimum atomic E-state index is -0.0897. The lowest BCUT2D eigenvalue weighted by atomic mass is 10.1. The molecule has 0 saturated heterocycles. The topological polar surface area (TPSA) is 91.8 Å². The highest BCUT2D eigenvalue weighted by molar-refractivity contribution is 5.94. The van der Waals surface area contributed by atoms with E-state index in [-0.39, 0.29) is 5.91 Å². The predicted octanol–water partition coefficient (Wildman–Crippen LogP) is 3.07. The van der Waals surface area contributed by atoms with Gasteiger partial charge in [-0.15, -0.1) is 10.2 Å². The number of carbonyl (C=O) groups is 1. The van der Waals surface area contributed by atoms with Crippen molar-refractivity contribution in [2.75, 3.05) is 23.7 Å². The number of pyridine rings is 1. The van der Waals surface area contributed by atoms with Crippen LogP contribution in [0.5, 0.6) is 0 Å². The standard InChI is InChI=1S/C20H22N6O/c1-14-3-5-16(6-4-14)20(27)23-12-11-22-17-7-8-18(26-25-17)24-19-13-15(2)9-10-21-19/h3-10,13H,11-12H2,1-2H3,(H,22,25)(H,23,27)(H,21,24,26). The Morgan fingerprint density at radius 1 is 0.852 bits per heavy atom. The minimum Gasteiger partial charge on any atom is -0.367 e. The molecule has 0 spiro atoms. The molecule has 0 fully saturated rings. The van der Waals surface area contributed by atoms with E-state index in [1.165, 1.54) is 0 Å². The molecule has 1 amide bonds. The SMILES string of the molecule is Cc1ccc(C(=O)NCCNc2ccc(Nc3cc(C)ccn3)nn2)cc1. The van der Waals surface area contributed by atoms with Crippen molar-refractivity contribution in [2.45, 2.75) is 13.8 Å². The van der Waals surface area contributed by atoms with Crippen molar-refractivity contribution >= 4 is 23.4 Å². The molecule has 3 N–H and O–H groups in total. The molecule has 0 aliphatic heterocycles. The number of aryl methyl sites for hydroxylation is 2. The molecule has 7 heteroatoms. The summed E-state index contributed by atoms with van der Waals surface area (Å²) in [6.07, 6.45) is 1.74. The van der Waals surface area contributed by atoms with E-state index in [1.807, 2.05) is 62.4 Å². The van der Waals surface area contributed by atoms with Gasteiger partial charge in [0.2, 0.25) is 0 Å². The lowest BCUT2D eigenvalue weighted by Gasteiger charge is -2.08. The van der Waals surface area contributed by atoms with Crippen LogP contribution in [0.2, 0.25) is 0 Å². The van der Waals surface area contributed by atoms with Crippen LogP contribution in [0.1, 0.15) is 21.5 Å². The van der Waals surface area contributed by atoms with Crippen LogP contribution in [0.3, 0.4) is 0 Å². The smallest absolute Gasteiger partial charge is 0.251 e. The van der Waals surface area contributed by atoms with E-state index < -0.39 is 0 Å². The van der Waals surface area contributed by atoms with Crippen LogP contribution in [0, 0.1) is 13.8 Å². The second kappa shape index (κ2) is 8.75. The van der Waals surface area contributed by atoms with E-state index in [0.717, 1.165) is 16.9 Å². The first-order valence-electron chi connectivity index (χ1n) is 8.72. The van der Waals surface area contributed by atoms with Crippen LogP contribution in [-0.2, 0) is 0 Å². The number of hydrogen-bond acceptors (Lipinski definition) is 6. The Hall–Kier alpha value is -3.48. The minimum absolute atomic E-state index is 0.0897. The predicted molar refractivity (Wildman–Crippen MR) is 106 cm³/mol. The van der Waals surface area contributed by atoms with Gasteiger partial charge in [0.1, 0.15) is 11.6 Å². The maximum absolute atomic E-state index is 12.0. The number of hydrogen-bond donors (Lipinski definition) is 3. The highest BCUT2D eigenvalue weighted by Gasteiger charge is 2.04. The summed E-state index contributed by atoms with van der Waals surface area (Å²) in [5.41, 5.74) is 2.90. The molecule has 3 aromatic rings. The van der Waals surface area contributed by atoms with E-state index in [2.05, 4.69) is 31.1 Å². The van der Waals surface area contributed by atoms with Gasteiger partial charge in [-0.3, -0.25) is 4.79 Å². The van der Waals surface area contributed by atoms with Crippen molar-refractivity contribution in [1.82, 2.24) is 20.5 Å². The first kappa shape index (κ1) is 18.3. The third kappa shape index (κ3) is 5.50. The van der Waals surface area contributed by atoms with Gasteiger partial charge >= 0.3 is 0 Å². The monoisotopic (exact) mass is 362 g/mol. The fraction of sp³-hybridized carbons (Fsp3) is 0.200. The molecule has 27 heavy (non-hydrogen) atoms. The number of amides is 1. The lowest BCUT2D eigenvalue weighted by molar-refractivity contribution is 0.0955. The Balaban J connectivity index is 1.43. The molecule has 0 aliphatic rings. The van der Waals surface area contributed by atoms with Crippen LogP contribution in [0.4, 0.5) is 17.5 Å². The molecule has 0 bridgehead atoms. The zero-order chi connectivity index (χ0) is 19.1. The zero-order valence-corrected chi connectivity index (χ0v) is 15.4. The van der Waals surface area contributed by atoms with Gasteiger partial charge in [0.25, 0.3) is 5.91 Å². The van der Waals surface area contributed by atoms with Gasteiger partial charge in [-0.05, 0) is 55.8 Å². The molecule has 1 aromatic carbocycles. The normalized spacial score (nSPS) is 10.3. The highest BCUT2D eigenvalue weighted by Crippen LogP contribution is 2.13. The first-order valence-corrected chi connectivity index (χ1v) is 8.72. The summed E-state index contributed by atoms with van der Waals surface area (Å²) >= 11 is 0. The van der Waals surface area contributed by atoms with Crippen molar-refractivity contribution in [2.24, 2.45) is 0 Å². The maximum Gasteiger partial charge on any atom is 0.251 e. The Labute approximate surface area is 158 Å². The van der Waals surface area contributed by atoms with Crippen molar-refractivity contribution in [1.29, 1.82) is 0 Å². The first-order chi connectivity index (χ1) is 13.1. The Morgan fingerprint density at radius 3 is 2.30 bits per heavy atom. The number of nitrogens with one attached hydrogen (secondary N) is 3. The summed E-state index contributed by atoms with van der Waals surface area (Å²) in [6.45, 7) is 5.04. The summed E-state index contributed by atoms with van der Waals surface area (Å²) in [6, 6.07) is 15.0. The molecule has 2 aromatic heterocycles. The van der Waals surface area contributed by atoms with Gasteiger partial charge in [-0.1, -0.05) is 17.7 Å². The van der Waals surface area contributed by atoms with Crippen molar-refractivity contribution in [3.63, 3.8) is 0 Å². The van der Waals surface area contributed by atoms with Gasteiger partial charge in [-0.25, -0.2) is 4.98 Å². The van der Waals surface area contributed by atoms with Crippen molar-refractivity contribution < 1.29 is 4.79 Å². The van der Waals surface area contributed by atoms with Crippen molar-refractivity contribution in [3.05, 3.63) is 71.4 Å². The van der Waals surface area contributed by atoms with Gasteiger partial charge in [-0.2, -0.15) is 0 Å². The van der Waals surface area contributed by atoms with Crippen LogP contribution < -0.4 is 16.0 Å². The second-order valence-corrected chi connectivity index (χ2v) is 6.20. The van der Waals surface area contributed by atoms with E-state index >= 15 is 0 Å². The largest absolute Gasteiger partial charge is 0.367 e. The number of aromatic nitrogens is 3. The molecule has 3 rings (SSSR count). The highest BCUT2D eigenvalue weighted by atomic mass is 16.1. The number of rotatable bonds is 7. The summed E-state index contributed by atoms with van der Waals surface area (Å²) in [5.74, 6) is 1.89. The van der Waals surface area contributed by atoms with Crippen LogP contribution in [0.15, 0.2) is 54.7 Å². The number of benzene rings is 1. The van der Waals surface area contributed by atoms with Gasteiger partial charge in [0.15, 0.2) is 5.82 Å². The second-order valence-electron chi connectivity index (χ2n) is 6.20. The van der Waals surface area contributed by atoms with Gasteiger partial charge < -0.3 is 16.0 Å². The molecule has 0 unspecified atom stereocenters.